The monoisotopic (exact) mass is 286 g/mol. The van der Waals surface area contributed by atoms with E-state index >= 15 is 0 Å². The van der Waals surface area contributed by atoms with Crippen molar-refractivity contribution in [1.82, 2.24) is 0 Å². The molecule has 110 valence electrons. The highest BCUT2D eigenvalue weighted by Gasteiger charge is 2.09. The van der Waals surface area contributed by atoms with Gasteiger partial charge in [-0.1, -0.05) is 12.1 Å². The van der Waals surface area contributed by atoms with E-state index in [4.69, 9.17) is 25.4 Å². The molecule has 2 aromatic carbocycles. The molecule has 0 bridgehead atoms. The Morgan fingerprint density at radius 1 is 1.05 bits per heavy atom. The molecule has 5 heteroatoms. The van der Waals surface area contributed by atoms with E-state index in [1.54, 1.807) is 32.4 Å². The fourth-order valence-corrected chi connectivity index (χ4v) is 1.89. The zero-order valence-corrected chi connectivity index (χ0v) is 12.1. The molecule has 0 aromatic heterocycles. The maximum Gasteiger partial charge on any atom is 0.134 e. The summed E-state index contributed by atoms with van der Waals surface area (Å²) >= 11 is 0. The summed E-state index contributed by atoms with van der Waals surface area (Å²) in [6.45, 7) is 0.352. The summed E-state index contributed by atoms with van der Waals surface area (Å²) < 4.78 is 16.1. The van der Waals surface area contributed by atoms with Crippen LogP contribution < -0.4 is 19.9 Å². The molecule has 0 fully saturated rings. The van der Waals surface area contributed by atoms with E-state index in [0.717, 1.165) is 11.3 Å². The van der Waals surface area contributed by atoms with Gasteiger partial charge in [0.15, 0.2) is 0 Å². The zero-order valence-electron chi connectivity index (χ0n) is 12.1. The molecule has 0 aliphatic carbocycles. The number of rotatable bonds is 6. The molecule has 0 aliphatic rings. The van der Waals surface area contributed by atoms with Crippen molar-refractivity contribution in [3.63, 3.8) is 0 Å². The first-order chi connectivity index (χ1) is 10.1. The average molecular weight is 286 g/mol. The van der Waals surface area contributed by atoms with Crippen molar-refractivity contribution in [3.05, 3.63) is 53.6 Å². The Morgan fingerprint density at radius 2 is 1.76 bits per heavy atom. The minimum absolute atomic E-state index is 0.0432. The molecule has 0 heterocycles. The lowest BCUT2D eigenvalue weighted by molar-refractivity contribution is 0.302. The van der Waals surface area contributed by atoms with Gasteiger partial charge in [0.05, 0.1) is 19.8 Å². The van der Waals surface area contributed by atoms with Gasteiger partial charge in [-0.05, 0) is 29.8 Å². The van der Waals surface area contributed by atoms with Crippen molar-refractivity contribution in [3.8, 4) is 17.2 Å². The van der Waals surface area contributed by atoms with Gasteiger partial charge in [0.25, 0.3) is 0 Å². The Hall–Kier alpha value is -2.69. The number of benzene rings is 2. The lowest BCUT2D eigenvalue weighted by Crippen LogP contribution is -2.13. The van der Waals surface area contributed by atoms with Crippen LogP contribution in [-0.4, -0.2) is 20.1 Å². The summed E-state index contributed by atoms with van der Waals surface area (Å²) in [7, 11) is 3.20. The third-order valence-corrected chi connectivity index (χ3v) is 3.01. The molecule has 0 aliphatic heterocycles. The van der Waals surface area contributed by atoms with Crippen LogP contribution in [0.4, 0.5) is 0 Å². The SMILES string of the molecule is COc1cccc(COc2cc(OC)ccc2C(=N)N)c1. The van der Waals surface area contributed by atoms with Gasteiger partial charge in [-0.2, -0.15) is 0 Å². The lowest BCUT2D eigenvalue weighted by atomic mass is 10.1. The van der Waals surface area contributed by atoms with Crippen molar-refractivity contribution >= 4 is 5.84 Å². The lowest BCUT2D eigenvalue weighted by Gasteiger charge is -2.12. The highest BCUT2D eigenvalue weighted by Crippen LogP contribution is 2.25. The van der Waals surface area contributed by atoms with Gasteiger partial charge in [0, 0.05) is 6.07 Å². The summed E-state index contributed by atoms with van der Waals surface area (Å²) in [5.74, 6) is 1.90. The standard InChI is InChI=1S/C16H18N2O3/c1-19-12-5-3-4-11(8-12)10-21-15-9-13(20-2)6-7-14(15)16(17)18/h3-9H,10H2,1-2H3,(H3,17,18). The topological polar surface area (TPSA) is 77.6 Å². The fraction of sp³-hybridized carbons (Fsp3) is 0.188. The molecule has 0 amide bonds. The smallest absolute Gasteiger partial charge is 0.134 e. The summed E-state index contributed by atoms with van der Waals surface area (Å²) in [6.07, 6.45) is 0. The Kier molecular flexibility index (Phi) is 4.66. The molecule has 0 spiro atoms. The van der Waals surface area contributed by atoms with Crippen LogP contribution in [-0.2, 0) is 6.61 Å². The van der Waals surface area contributed by atoms with Crippen LogP contribution in [0, 0.1) is 5.41 Å². The van der Waals surface area contributed by atoms with Crippen molar-refractivity contribution in [1.29, 1.82) is 5.41 Å². The minimum atomic E-state index is -0.0432. The maximum atomic E-state index is 7.59. The second kappa shape index (κ2) is 6.65. The van der Waals surface area contributed by atoms with Gasteiger partial charge >= 0.3 is 0 Å². The molecule has 0 atom stereocenters. The Labute approximate surface area is 123 Å². The van der Waals surface area contributed by atoms with Crippen LogP contribution >= 0.6 is 0 Å². The number of nitrogens with one attached hydrogen (secondary N) is 1. The summed E-state index contributed by atoms with van der Waals surface area (Å²) in [6, 6.07) is 12.8. The number of hydrogen-bond acceptors (Lipinski definition) is 4. The van der Waals surface area contributed by atoms with Gasteiger partial charge in [-0.3, -0.25) is 5.41 Å². The average Bonchev–Trinajstić information content (AvgIpc) is 2.52. The molecule has 0 radical (unpaired) electrons. The van der Waals surface area contributed by atoms with Crippen LogP contribution in [0.5, 0.6) is 17.2 Å². The van der Waals surface area contributed by atoms with Crippen LogP contribution in [0.1, 0.15) is 11.1 Å². The fourth-order valence-electron chi connectivity index (χ4n) is 1.89. The van der Waals surface area contributed by atoms with Crippen molar-refractivity contribution in [2.24, 2.45) is 5.73 Å². The Morgan fingerprint density at radius 3 is 2.43 bits per heavy atom. The summed E-state index contributed by atoms with van der Waals surface area (Å²) in [5.41, 5.74) is 7.07. The maximum absolute atomic E-state index is 7.59. The van der Waals surface area contributed by atoms with Crippen LogP contribution in [0.3, 0.4) is 0 Å². The minimum Gasteiger partial charge on any atom is -0.497 e. The van der Waals surface area contributed by atoms with Crippen molar-refractivity contribution < 1.29 is 14.2 Å². The molecular weight excluding hydrogens is 268 g/mol. The molecule has 0 saturated heterocycles. The van der Waals surface area contributed by atoms with Gasteiger partial charge in [-0.15, -0.1) is 0 Å². The molecule has 2 rings (SSSR count). The van der Waals surface area contributed by atoms with E-state index < -0.39 is 0 Å². The molecule has 0 saturated carbocycles. The van der Waals surface area contributed by atoms with Crippen molar-refractivity contribution in [2.75, 3.05) is 14.2 Å². The molecule has 0 unspecified atom stereocenters. The largest absolute Gasteiger partial charge is 0.497 e. The normalized spacial score (nSPS) is 10.0. The van der Waals surface area contributed by atoms with E-state index in [1.807, 2.05) is 24.3 Å². The van der Waals surface area contributed by atoms with Gasteiger partial charge < -0.3 is 19.9 Å². The zero-order chi connectivity index (χ0) is 15.2. The van der Waals surface area contributed by atoms with E-state index in [2.05, 4.69) is 0 Å². The molecular formula is C16H18N2O3. The summed E-state index contributed by atoms with van der Waals surface area (Å²) in [4.78, 5) is 0. The van der Waals surface area contributed by atoms with Crippen LogP contribution in [0.25, 0.3) is 0 Å². The van der Waals surface area contributed by atoms with E-state index in [0.29, 0.717) is 23.7 Å². The van der Waals surface area contributed by atoms with Crippen LogP contribution in [0.2, 0.25) is 0 Å². The number of amidine groups is 1. The predicted molar refractivity (Wildman–Crippen MR) is 81.3 cm³/mol. The first-order valence-electron chi connectivity index (χ1n) is 6.42. The first kappa shape index (κ1) is 14.7. The Balaban J connectivity index is 2.19. The number of hydrogen-bond donors (Lipinski definition) is 2. The predicted octanol–water partition coefficient (Wildman–Crippen LogP) is 2.57. The quantitative estimate of drug-likeness (QED) is 0.632. The van der Waals surface area contributed by atoms with Gasteiger partial charge in [0.2, 0.25) is 0 Å². The highest BCUT2D eigenvalue weighted by molar-refractivity contribution is 5.97. The summed E-state index contributed by atoms with van der Waals surface area (Å²) in [5, 5.41) is 7.59. The number of ether oxygens (including phenoxy) is 3. The van der Waals surface area contributed by atoms with Gasteiger partial charge in [0.1, 0.15) is 29.7 Å². The van der Waals surface area contributed by atoms with E-state index in [9.17, 15) is 0 Å². The molecule has 5 nitrogen and oxygen atoms in total. The molecule has 2 aromatic rings. The molecule has 3 N–H and O–H groups in total. The number of methoxy groups -OCH3 is 2. The highest BCUT2D eigenvalue weighted by atomic mass is 16.5. The van der Waals surface area contributed by atoms with E-state index in [-0.39, 0.29) is 5.84 Å². The van der Waals surface area contributed by atoms with Crippen LogP contribution in [0.15, 0.2) is 42.5 Å². The number of nitrogens with two attached hydrogens (primary N) is 1. The number of nitrogen functional groups attached to an aromatic ring is 1. The first-order valence-corrected chi connectivity index (χ1v) is 6.42. The third-order valence-electron chi connectivity index (χ3n) is 3.01. The van der Waals surface area contributed by atoms with Gasteiger partial charge in [-0.25, -0.2) is 0 Å². The Bertz CT molecular complexity index is 641. The second-order valence-corrected chi connectivity index (χ2v) is 4.42. The second-order valence-electron chi connectivity index (χ2n) is 4.42. The van der Waals surface area contributed by atoms with E-state index in [1.165, 1.54) is 0 Å². The third kappa shape index (κ3) is 3.66. The van der Waals surface area contributed by atoms with Crippen molar-refractivity contribution in [2.45, 2.75) is 6.61 Å². The molecule has 21 heavy (non-hydrogen) atoms.